The molecule has 3 unspecified atom stereocenters. The third-order valence-electron chi connectivity index (χ3n) is 10.1. The molecule has 2 aromatic heterocycles. The van der Waals surface area contributed by atoms with E-state index in [9.17, 15) is 4.79 Å². The van der Waals surface area contributed by atoms with Crippen molar-refractivity contribution in [1.29, 1.82) is 0 Å². The van der Waals surface area contributed by atoms with E-state index in [-0.39, 0.29) is 23.9 Å². The highest BCUT2D eigenvalue weighted by Gasteiger charge is 2.37. The SMILES string of the molecule is C=N/C=C(\N)c1ccc2c(c1)cc1n2C(c2cccc(OCCC)c2)Cc2cc(-c3cnc(C4CCCN4C(=O)C(OC)C(C)C)[nH]3)ccc2-1. The molecule has 3 N–H and O–H groups in total. The fraction of sp³-hybridized carbons (Fsp3) is 0.341. The Morgan fingerprint density at radius 3 is 2.78 bits per heavy atom. The van der Waals surface area contributed by atoms with Gasteiger partial charge in [-0.25, -0.2) is 4.98 Å². The molecule has 4 heterocycles. The van der Waals surface area contributed by atoms with E-state index >= 15 is 0 Å². The zero-order valence-electron chi connectivity index (χ0n) is 29.4. The minimum absolute atomic E-state index is 0.0329. The van der Waals surface area contributed by atoms with Crippen molar-refractivity contribution in [3.05, 3.63) is 102 Å². The zero-order valence-corrected chi connectivity index (χ0v) is 29.4. The molecule has 3 atom stereocenters. The first-order chi connectivity index (χ1) is 24.3. The molecule has 2 aliphatic rings. The van der Waals surface area contributed by atoms with Gasteiger partial charge in [-0.2, -0.15) is 0 Å². The Labute approximate surface area is 293 Å². The van der Waals surface area contributed by atoms with E-state index in [0.29, 0.717) is 18.8 Å². The Bertz CT molecular complexity index is 2070. The van der Waals surface area contributed by atoms with Crippen LogP contribution in [0.5, 0.6) is 5.75 Å². The summed E-state index contributed by atoms with van der Waals surface area (Å²) in [5.74, 6) is 1.83. The quantitative estimate of drug-likeness (QED) is 0.139. The Morgan fingerprint density at radius 2 is 2.00 bits per heavy atom. The van der Waals surface area contributed by atoms with E-state index < -0.39 is 6.10 Å². The second kappa shape index (κ2) is 14.0. The van der Waals surface area contributed by atoms with Crippen molar-refractivity contribution in [3.63, 3.8) is 0 Å². The number of H-pyrrole nitrogens is 1. The monoisotopic (exact) mass is 670 g/mol. The van der Waals surface area contributed by atoms with Gasteiger partial charge in [0.15, 0.2) is 0 Å². The number of benzene rings is 3. The number of ether oxygens (including phenoxy) is 2. The van der Waals surface area contributed by atoms with Crippen LogP contribution in [-0.4, -0.2) is 58.4 Å². The molecule has 1 saturated heterocycles. The molecule has 0 radical (unpaired) electrons. The second-order valence-corrected chi connectivity index (χ2v) is 13.7. The van der Waals surface area contributed by atoms with Gasteiger partial charge >= 0.3 is 0 Å². The lowest BCUT2D eigenvalue weighted by atomic mass is 9.88. The lowest BCUT2D eigenvalue weighted by Gasteiger charge is -2.30. The summed E-state index contributed by atoms with van der Waals surface area (Å²) >= 11 is 0. The first kappa shape index (κ1) is 33.4. The highest BCUT2D eigenvalue weighted by atomic mass is 16.5. The number of nitrogens with one attached hydrogen (secondary N) is 1. The van der Waals surface area contributed by atoms with Crippen LogP contribution in [0.15, 0.2) is 84.1 Å². The van der Waals surface area contributed by atoms with Crippen molar-refractivity contribution in [1.82, 2.24) is 19.4 Å². The Hall–Kier alpha value is -5.15. The van der Waals surface area contributed by atoms with Crippen LogP contribution in [0.1, 0.15) is 74.6 Å². The maximum absolute atomic E-state index is 13.4. The topological polar surface area (TPSA) is 111 Å². The van der Waals surface area contributed by atoms with Crippen LogP contribution < -0.4 is 10.5 Å². The van der Waals surface area contributed by atoms with Crippen LogP contribution in [-0.2, 0) is 16.0 Å². The van der Waals surface area contributed by atoms with E-state index in [4.69, 9.17) is 20.2 Å². The maximum atomic E-state index is 13.4. The van der Waals surface area contributed by atoms with E-state index in [0.717, 1.165) is 70.7 Å². The standard InChI is InChI=1S/C41H46N6O3/c1-6-17-50-31-10-7-9-28(20-31)37-21-29-19-27(34-24-44-40(45-34)36-11-8-16-46(36)41(48)39(49-5)25(2)3)12-14-32(29)38-22-30-18-26(33(42)23-43-4)13-15-35(30)47(37)38/h7,9-10,12-15,18-20,22-25,36-37,39H,4,6,8,11,16-17,21,42H2,1-3,5H3,(H,44,45)/b33-23-. The number of fused-ring (bicyclic) bond motifs is 5. The number of aromatic amines is 1. The number of amides is 1. The van der Waals surface area contributed by atoms with Gasteiger partial charge in [0.25, 0.3) is 5.91 Å². The number of aromatic nitrogens is 3. The summed E-state index contributed by atoms with van der Waals surface area (Å²) in [7, 11) is 1.61. The van der Waals surface area contributed by atoms with Crippen LogP contribution in [0.4, 0.5) is 0 Å². The number of imidazole rings is 1. The first-order valence-corrected chi connectivity index (χ1v) is 17.6. The van der Waals surface area contributed by atoms with Gasteiger partial charge in [-0.05, 0) is 97.0 Å². The van der Waals surface area contributed by atoms with Gasteiger partial charge in [0, 0.05) is 42.0 Å². The average molecular weight is 671 g/mol. The molecule has 0 saturated carbocycles. The number of hydrogen-bond acceptors (Lipinski definition) is 6. The van der Waals surface area contributed by atoms with Crippen molar-refractivity contribution in [2.75, 3.05) is 20.3 Å². The van der Waals surface area contributed by atoms with Gasteiger partial charge in [-0.15, -0.1) is 0 Å². The number of methoxy groups -OCH3 is 1. The van der Waals surface area contributed by atoms with Crippen LogP contribution in [0.2, 0.25) is 0 Å². The lowest BCUT2D eigenvalue weighted by molar-refractivity contribution is -0.145. The van der Waals surface area contributed by atoms with Gasteiger partial charge in [-0.3, -0.25) is 9.79 Å². The van der Waals surface area contributed by atoms with Gasteiger partial charge in [0.1, 0.15) is 17.7 Å². The summed E-state index contributed by atoms with van der Waals surface area (Å²) in [5, 5.41) is 1.11. The summed E-state index contributed by atoms with van der Waals surface area (Å²) in [6.07, 6.45) is 6.60. The predicted octanol–water partition coefficient (Wildman–Crippen LogP) is 7.92. The third kappa shape index (κ3) is 6.11. The van der Waals surface area contributed by atoms with Gasteiger partial charge in [0.2, 0.25) is 0 Å². The van der Waals surface area contributed by atoms with Crippen molar-refractivity contribution in [2.24, 2.45) is 16.6 Å². The molecule has 5 aromatic rings. The summed E-state index contributed by atoms with van der Waals surface area (Å²) in [4.78, 5) is 27.7. The van der Waals surface area contributed by atoms with Crippen molar-refractivity contribution < 1.29 is 14.3 Å². The van der Waals surface area contributed by atoms with Crippen molar-refractivity contribution in [3.8, 4) is 28.3 Å². The fourth-order valence-corrected chi connectivity index (χ4v) is 7.70. The number of nitrogens with two attached hydrogens (primary N) is 1. The first-order valence-electron chi connectivity index (χ1n) is 17.6. The molecule has 0 spiro atoms. The molecule has 0 aliphatic carbocycles. The molecule has 1 fully saturated rings. The normalized spacial score (nSPS) is 17.9. The van der Waals surface area contributed by atoms with E-state index in [2.05, 4.69) is 88.8 Å². The fourth-order valence-electron chi connectivity index (χ4n) is 7.70. The van der Waals surface area contributed by atoms with E-state index in [1.807, 2.05) is 31.0 Å². The number of aliphatic imine (C=N–C) groups is 1. The number of rotatable bonds is 11. The largest absolute Gasteiger partial charge is 0.494 e. The molecule has 3 aromatic carbocycles. The summed E-state index contributed by atoms with van der Waals surface area (Å²) < 4.78 is 14.1. The number of likely N-dealkylation sites (tertiary alicyclic amines) is 1. The number of carbonyl (C=O) groups excluding carboxylic acids is 1. The molecular weight excluding hydrogens is 624 g/mol. The average Bonchev–Trinajstić information content (AvgIpc) is 3.89. The Kier molecular flexibility index (Phi) is 9.33. The van der Waals surface area contributed by atoms with Crippen LogP contribution in [0.25, 0.3) is 39.1 Å². The highest BCUT2D eigenvalue weighted by molar-refractivity contribution is 5.91. The molecule has 0 bridgehead atoms. The number of carbonyl (C=O) groups is 1. The molecule has 7 rings (SSSR count). The van der Waals surface area contributed by atoms with Crippen molar-refractivity contribution >= 4 is 29.2 Å². The lowest BCUT2D eigenvalue weighted by Crippen LogP contribution is -2.42. The van der Waals surface area contributed by atoms with Crippen molar-refractivity contribution in [2.45, 2.75) is 64.6 Å². The van der Waals surface area contributed by atoms with Gasteiger partial charge in [-0.1, -0.05) is 51.1 Å². The number of nitrogens with zero attached hydrogens (tertiary/aromatic N) is 4. The van der Waals surface area contributed by atoms with Crippen LogP contribution in [0.3, 0.4) is 0 Å². The summed E-state index contributed by atoms with van der Waals surface area (Å²) in [6.45, 7) is 11.1. The minimum Gasteiger partial charge on any atom is -0.494 e. The number of hydrogen-bond donors (Lipinski definition) is 2. The van der Waals surface area contributed by atoms with E-state index in [1.54, 1.807) is 13.3 Å². The van der Waals surface area contributed by atoms with Crippen LogP contribution >= 0.6 is 0 Å². The molecule has 2 aliphatic heterocycles. The second-order valence-electron chi connectivity index (χ2n) is 13.7. The molecule has 9 nitrogen and oxygen atoms in total. The zero-order chi connectivity index (χ0) is 34.9. The molecular formula is C41H46N6O3. The van der Waals surface area contributed by atoms with Gasteiger partial charge < -0.3 is 29.7 Å². The molecule has 9 heteroatoms. The Morgan fingerprint density at radius 1 is 1.14 bits per heavy atom. The van der Waals surface area contributed by atoms with Crippen LogP contribution in [0, 0.1) is 5.92 Å². The maximum Gasteiger partial charge on any atom is 0.252 e. The molecule has 50 heavy (non-hydrogen) atoms. The summed E-state index contributed by atoms with van der Waals surface area (Å²) in [6, 6.07) is 23.7. The highest BCUT2D eigenvalue weighted by Crippen LogP contribution is 2.44. The summed E-state index contributed by atoms with van der Waals surface area (Å²) in [5.41, 5.74) is 15.8. The Balaban J connectivity index is 1.27. The third-order valence-corrected chi connectivity index (χ3v) is 10.1. The van der Waals surface area contributed by atoms with Gasteiger partial charge in [0.05, 0.1) is 36.3 Å². The minimum atomic E-state index is -0.460. The smallest absolute Gasteiger partial charge is 0.252 e. The predicted molar refractivity (Wildman–Crippen MR) is 200 cm³/mol. The van der Waals surface area contributed by atoms with E-state index in [1.165, 1.54) is 16.7 Å². The molecule has 1 amide bonds. The molecule has 258 valence electrons.